The number of likely N-dealkylation sites (N-methyl/N-ethyl adjacent to an activating group) is 1. The van der Waals surface area contributed by atoms with Gasteiger partial charge < -0.3 is 4.74 Å². The van der Waals surface area contributed by atoms with Crippen LogP contribution in [0.4, 0.5) is 0 Å². The third-order valence-corrected chi connectivity index (χ3v) is 2.94. The summed E-state index contributed by atoms with van der Waals surface area (Å²) in [6, 6.07) is 7.75. The maximum atomic E-state index is 10.7. The fourth-order valence-corrected chi connectivity index (χ4v) is 1.88. The minimum absolute atomic E-state index is 0.137. The summed E-state index contributed by atoms with van der Waals surface area (Å²) in [5, 5.41) is 0.715. The Hall–Kier alpha value is -0.900. The second-order valence-electron chi connectivity index (χ2n) is 3.59. The molecule has 0 saturated carbocycles. The first kappa shape index (κ1) is 10.6. The van der Waals surface area contributed by atoms with Crippen LogP contribution in [0.2, 0.25) is 5.02 Å². The number of halogens is 1. The Balaban J connectivity index is 2.18. The molecule has 2 atom stereocenters. The van der Waals surface area contributed by atoms with E-state index in [1.165, 1.54) is 0 Å². The molecule has 0 spiro atoms. The van der Waals surface area contributed by atoms with Crippen LogP contribution in [0.15, 0.2) is 24.3 Å². The standard InChI is InChI=1S/C11H12ClNO2/c1-13-10(7-15-11(13)6-14)8-2-4-9(12)5-3-8/h2-6,10-11H,7H2,1H3/t10-,11?/m0/s1. The van der Waals surface area contributed by atoms with Gasteiger partial charge in [-0.25, -0.2) is 0 Å². The van der Waals surface area contributed by atoms with Crippen LogP contribution >= 0.6 is 11.6 Å². The number of hydrogen-bond donors (Lipinski definition) is 0. The van der Waals surface area contributed by atoms with E-state index in [0.29, 0.717) is 11.6 Å². The lowest BCUT2D eigenvalue weighted by atomic mass is 10.1. The van der Waals surface area contributed by atoms with E-state index < -0.39 is 6.23 Å². The average Bonchev–Trinajstić information content (AvgIpc) is 2.61. The Kier molecular flexibility index (Phi) is 3.05. The summed E-state index contributed by atoms with van der Waals surface area (Å²) in [4.78, 5) is 12.6. The molecule has 0 N–H and O–H groups in total. The van der Waals surface area contributed by atoms with Crippen LogP contribution in [-0.4, -0.2) is 31.1 Å². The fraction of sp³-hybridized carbons (Fsp3) is 0.364. The number of carbonyl (C=O) groups excluding carboxylic acids is 1. The van der Waals surface area contributed by atoms with Gasteiger partial charge in [-0.2, -0.15) is 0 Å². The summed E-state index contributed by atoms with van der Waals surface area (Å²) in [7, 11) is 1.88. The van der Waals surface area contributed by atoms with E-state index in [9.17, 15) is 4.79 Å². The molecule has 80 valence electrons. The molecule has 3 nitrogen and oxygen atoms in total. The van der Waals surface area contributed by atoms with Crippen molar-refractivity contribution in [2.24, 2.45) is 0 Å². The molecule has 1 saturated heterocycles. The van der Waals surface area contributed by atoms with E-state index in [0.717, 1.165) is 11.8 Å². The van der Waals surface area contributed by atoms with E-state index in [2.05, 4.69) is 0 Å². The smallest absolute Gasteiger partial charge is 0.167 e. The quantitative estimate of drug-likeness (QED) is 0.720. The van der Waals surface area contributed by atoms with Gasteiger partial charge in [0.1, 0.15) is 0 Å². The third kappa shape index (κ3) is 2.04. The Morgan fingerprint density at radius 2 is 2.13 bits per heavy atom. The summed E-state index contributed by atoms with van der Waals surface area (Å²) in [5.74, 6) is 0. The van der Waals surface area contributed by atoms with Gasteiger partial charge in [-0.05, 0) is 24.7 Å². The number of benzene rings is 1. The van der Waals surface area contributed by atoms with Crippen LogP contribution in [-0.2, 0) is 9.53 Å². The molecule has 0 bridgehead atoms. The summed E-state index contributed by atoms with van der Waals surface area (Å²) >= 11 is 5.81. The highest BCUT2D eigenvalue weighted by molar-refractivity contribution is 6.30. The van der Waals surface area contributed by atoms with Gasteiger partial charge in [0.2, 0.25) is 0 Å². The topological polar surface area (TPSA) is 29.5 Å². The molecule has 4 heteroatoms. The summed E-state index contributed by atoms with van der Waals surface area (Å²) < 4.78 is 5.34. The van der Waals surface area contributed by atoms with Crippen molar-refractivity contribution in [3.8, 4) is 0 Å². The lowest BCUT2D eigenvalue weighted by molar-refractivity contribution is -0.120. The number of aldehydes is 1. The van der Waals surface area contributed by atoms with Gasteiger partial charge in [0.05, 0.1) is 12.6 Å². The predicted octanol–water partition coefficient (Wildman–Crippen LogP) is 1.87. The first-order valence-electron chi connectivity index (χ1n) is 4.76. The molecule has 0 radical (unpaired) electrons. The van der Waals surface area contributed by atoms with Gasteiger partial charge in [-0.3, -0.25) is 9.69 Å². The zero-order valence-corrected chi connectivity index (χ0v) is 9.15. The SMILES string of the molecule is CN1C(C=O)OC[C@H]1c1ccc(Cl)cc1. The normalized spacial score (nSPS) is 26.8. The molecule has 0 aromatic heterocycles. The fourth-order valence-electron chi connectivity index (χ4n) is 1.75. The zero-order valence-electron chi connectivity index (χ0n) is 8.39. The van der Waals surface area contributed by atoms with Crippen molar-refractivity contribution in [1.29, 1.82) is 0 Å². The molecule has 1 aromatic carbocycles. The van der Waals surface area contributed by atoms with Crippen molar-refractivity contribution >= 4 is 17.9 Å². The first-order valence-corrected chi connectivity index (χ1v) is 5.14. The summed E-state index contributed by atoms with van der Waals surface area (Å²) in [6.07, 6.45) is 0.390. The highest BCUT2D eigenvalue weighted by Crippen LogP contribution is 2.28. The van der Waals surface area contributed by atoms with Gasteiger partial charge in [0, 0.05) is 5.02 Å². The monoisotopic (exact) mass is 225 g/mol. The van der Waals surface area contributed by atoms with Crippen molar-refractivity contribution in [3.05, 3.63) is 34.9 Å². The number of ether oxygens (including phenoxy) is 1. The van der Waals surface area contributed by atoms with Crippen molar-refractivity contribution in [1.82, 2.24) is 4.90 Å². The molecule has 0 amide bonds. The molecule has 1 aromatic rings. The van der Waals surface area contributed by atoms with Crippen LogP contribution < -0.4 is 0 Å². The molecule has 1 aliphatic heterocycles. The summed E-state index contributed by atoms with van der Waals surface area (Å²) in [5.41, 5.74) is 1.12. The van der Waals surface area contributed by atoms with Crippen LogP contribution in [0.5, 0.6) is 0 Å². The third-order valence-electron chi connectivity index (χ3n) is 2.69. The molecular weight excluding hydrogens is 214 g/mol. The van der Waals surface area contributed by atoms with E-state index >= 15 is 0 Å². The highest BCUT2D eigenvalue weighted by atomic mass is 35.5. The van der Waals surface area contributed by atoms with Crippen LogP contribution in [0, 0.1) is 0 Å². The van der Waals surface area contributed by atoms with E-state index in [1.54, 1.807) is 0 Å². The van der Waals surface area contributed by atoms with Crippen LogP contribution in [0.3, 0.4) is 0 Å². The van der Waals surface area contributed by atoms with Gasteiger partial charge in [0.25, 0.3) is 0 Å². The molecular formula is C11H12ClNO2. The maximum Gasteiger partial charge on any atom is 0.167 e. The van der Waals surface area contributed by atoms with Crippen molar-refractivity contribution < 1.29 is 9.53 Å². The van der Waals surface area contributed by atoms with Gasteiger partial charge in [-0.1, -0.05) is 23.7 Å². The van der Waals surface area contributed by atoms with Crippen molar-refractivity contribution in [3.63, 3.8) is 0 Å². The first-order chi connectivity index (χ1) is 7.22. The van der Waals surface area contributed by atoms with Crippen molar-refractivity contribution in [2.75, 3.05) is 13.7 Å². The molecule has 0 aliphatic carbocycles. The predicted molar refractivity (Wildman–Crippen MR) is 57.8 cm³/mol. The van der Waals surface area contributed by atoms with Crippen molar-refractivity contribution in [2.45, 2.75) is 12.3 Å². The van der Waals surface area contributed by atoms with Gasteiger partial charge in [0.15, 0.2) is 12.5 Å². The number of carbonyl (C=O) groups is 1. The minimum Gasteiger partial charge on any atom is -0.354 e. The minimum atomic E-state index is -0.425. The second-order valence-corrected chi connectivity index (χ2v) is 4.03. The Bertz CT molecular complexity index is 352. The molecule has 1 fully saturated rings. The van der Waals surface area contributed by atoms with Gasteiger partial charge >= 0.3 is 0 Å². The molecule has 1 aliphatic rings. The molecule has 1 heterocycles. The van der Waals surface area contributed by atoms with Crippen LogP contribution in [0.1, 0.15) is 11.6 Å². The van der Waals surface area contributed by atoms with Gasteiger partial charge in [-0.15, -0.1) is 0 Å². The number of nitrogens with zero attached hydrogens (tertiary/aromatic N) is 1. The molecule has 15 heavy (non-hydrogen) atoms. The lowest BCUT2D eigenvalue weighted by Gasteiger charge is -2.20. The zero-order chi connectivity index (χ0) is 10.8. The summed E-state index contributed by atoms with van der Waals surface area (Å²) in [6.45, 7) is 0.543. The maximum absolute atomic E-state index is 10.7. The largest absolute Gasteiger partial charge is 0.354 e. The Labute approximate surface area is 93.6 Å². The number of rotatable bonds is 2. The highest BCUT2D eigenvalue weighted by Gasteiger charge is 2.31. The Morgan fingerprint density at radius 1 is 1.47 bits per heavy atom. The molecule has 1 unspecified atom stereocenters. The Morgan fingerprint density at radius 3 is 2.67 bits per heavy atom. The van der Waals surface area contributed by atoms with E-state index in [4.69, 9.17) is 16.3 Å². The molecule has 2 rings (SSSR count). The second kappa shape index (κ2) is 4.31. The number of hydrogen-bond acceptors (Lipinski definition) is 3. The van der Waals surface area contributed by atoms with E-state index in [-0.39, 0.29) is 6.04 Å². The van der Waals surface area contributed by atoms with E-state index in [1.807, 2.05) is 36.2 Å². The lowest BCUT2D eigenvalue weighted by Crippen LogP contribution is -2.29. The van der Waals surface area contributed by atoms with Crippen LogP contribution in [0.25, 0.3) is 0 Å². The average molecular weight is 226 g/mol.